The third-order valence-electron chi connectivity index (χ3n) is 7.85. The van der Waals surface area contributed by atoms with E-state index in [1.165, 1.54) is 23.1 Å². The molecule has 5 rings (SSSR count). The minimum absolute atomic E-state index is 0.00823. The predicted octanol–water partition coefficient (Wildman–Crippen LogP) is 2.42. The van der Waals surface area contributed by atoms with Crippen LogP contribution >= 0.6 is 11.6 Å². The highest BCUT2D eigenvalue weighted by molar-refractivity contribution is 6.31. The fourth-order valence-corrected chi connectivity index (χ4v) is 6.32. The zero-order valence-electron chi connectivity index (χ0n) is 19.1. The Balaban J connectivity index is 1.49. The van der Waals surface area contributed by atoms with E-state index >= 15 is 0 Å². The number of rotatable bonds is 7. The van der Waals surface area contributed by atoms with Crippen molar-refractivity contribution in [2.45, 2.75) is 63.2 Å². The molecule has 4 atom stereocenters. The first-order chi connectivity index (χ1) is 16.0. The van der Waals surface area contributed by atoms with Crippen LogP contribution in [-0.4, -0.2) is 65.1 Å². The third kappa shape index (κ3) is 4.32. The molecule has 3 aliphatic rings. The lowest BCUT2D eigenvalue weighted by Gasteiger charge is -2.33. The van der Waals surface area contributed by atoms with Crippen molar-refractivity contribution in [2.75, 3.05) is 26.7 Å². The molecular weight excluding hydrogens is 440 g/mol. The fourth-order valence-electron chi connectivity index (χ4n) is 6.15. The third-order valence-corrected chi connectivity index (χ3v) is 8.08. The van der Waals surface area contributed by atoms with Crippen molar-refractivity contribution < 1.29 is 14.7 Å². The number of piperidine rings is 1. The molecule has 0 aliphatic carbocycles. The summed E-state index contributed by atoms with van der Waals surface area (Å²) < 4.78 is 2.30. The first-order valence-electron chi connectivity index (χ1n) is 12.1. The van der Waals surface area contributed by atoms with Gasteiger partial charge in [0.2, 0.25) is 5.91 Å². The fraction of sp³-hybridized carbons (Fsp3) is 0.600. The number of amides is 1. The zero-order chi connectivity index (χ0) is 23.1. The van der Waals surface area contributed by atoms with Gasteiger partial charge >= 0.3 is 0 Å². The van der Waals surface area contributed by atoms with Gasteiger partial charge in [-0.3, -0.25) is 14.5 Å². The van der Waals surface area contributed by atoms with Crippen molar-refractivity contribution >= 4 is 34.2 Å². The summed E-state index contributed by atoms with van der Waals surface area (Å²) in [7, 11) is 2.21. The van der Waals surface area contributed by atoms with Crippen LogP contribution in [0.3, 0.4) is 0 Å². The molecule has 33 heavy (non-hydrogen) atoms. The summed E-state index contributed by atoms with van der Waals surface area (Å²) in [6.45, 7) is 1.61. The largest absolute Gasteiger partial charge is 0.389 e. The molecule has 3 N–H and O–H groups in total. The van der Waals surface area contributed by atoms with Crippen LogP contribution in [0.5, 0.6) is 0 Å². The van der Waals surface area contributed by atoms with Crippen molar-refractivity contribution in [1.29, 1.82) is 0 Å². The number of aliphatic hydroxyl groups excluding tert-OH is 1. The number of benzene rings is 1. The lowest BCUT2D eigenvalue weighted by molar-refractivity contribution is -0.127. The van der Waals surface area contributed by atoms with Crippen molar-refractivity contribution in [3.63, 3.8) is 0 Å². The van der Waals surface area contributed by atoms with Gasteiger partial charge in [0.15, 0.2) is 5.78 Å². The summed E-state index contributed by atoms with van der Waals surface area (Å²) in [5.74, 6) is -0.342. The number of nitrogens with zero attached hydrogens (tertiary/aromatic N) is 2. The molecule has 1 amide bonds. The maximum Gasteiger partial charge on any atom is 0.224 e. The average molecular weight is 473 g/mol. The molecule has 2 bridgehead atoms. The van der Waals surface area contributed by atoms with E-state index in [9.17, 15) is 14.7 Å². The van der Waals surface area contributed by atoms with Crippen molar-refractivity contribution in [1.82, 2.24) is 20.1 Å². The van der Waals surface area contributed by atoms with Gasteiger partial charge in [0, 0.05) is 59.6 Å². The van der Waals surface area contributed by atoms with Gasteiger partial charge in [-0.25, -0.2) is 0 Å². The Morgan fingerprint density at radius 1 is 1.30 bits per heavy atom. The molecule has 0 saturated carbocycles. The van der Waals surface area contributed by atoms with Crippen LogP contribution in [0.25, 0.3) is 10.9 Å². The summed E-state index contributed by atoms with van der Waals surface area (Å²) >= 11 is 6.40. The van der Waals surface area contributed by atoms with E-state index in [2.05, 4.69) is 39.3 Å². The number of nitrogens with one attached hydrogen (secondary N) is 2. The topological polar surface area (TPSA) is 86.6 Å². The van der Waals surface area contributed by atoms with E-state index < -0.39 is 6.61 Å². The zero-order valence-corrected chi connectivity index (χ0v) is 19.9. The molecule has 2 saturated heterocycles. The molecule has 178 valence electrons. The summed E-state index contributed by atoms with van der Waals surface area (Å²) in [6.07, 6.45) is 5.22. The quantitative estimate of drug-likeness (QED) is 0.576. The number of fused-ring (bicyclic) bond motifs is 6. The molecule has 0 spiro atoms. The standard InChI is InChI=1S/C25H33ClN4O3/c1-29-18-5-7-22(29)24-20-9-16(26)4-6-21(20)30(23(24)11-18)13-17(10-19(32)14-31)28-25(33)15-3-2-8-27-12-15/h4,6,9,15,17-18,22,27,31H,2-3,5,7-8,10-14H2,1H3,(H,28,33). The molecule has 1 aromatic heterocycles. The van der Waals surface area contributed by atoms with Crippen LogP contribution in [0.4, 0.5) is 0 Å². The second-order valence-corrected chi connectivity index (χ2v) is 10.3. The van der Waals surface area contributed by atoms with Crippen LogP contribution in [0.15, 0.2) is 18.2 Å². The SMILES string of the molecule is CN1C2CCC1c1c(n(CC(CC(=O)CO)NC(=O)C3CCCNC3)c3ccc(Cl)cc13)C2. The van der Waals surface area contributed by atoms with Gasteiger partial charge in [-0.2, -0.15) is 0 Å². The van der Waals surface area contributed by atoms with Gasteiger partial charge in [-0.05, 0) is 63.0 Å². The number of hydrogen-bond donors (Lipinski definition) is 3. The monoisotopic (exact) mass is 472 g/mol. The molecule has 2 aromatic rings. The Hall–Kier alpha value is -1.93. The first kappa shape index (κ1) is 22.8. The smallest absolute Gasteiger partial charge is 0.224 e. The van der Waals surface area contributed by atoms with Crippen LogP contribution in [0.2, 0.25) is 5.02 Å². The number of ketones is 1. The Kier molecular flexibility index (Phi) is 6.49. The molecule has 8 heteroatoms. The Morgan fingerprint density at radius 2 is 2.15 bits per heavy atom. The van der Waals surface area contributed by atoms with Gasteiger partial charge in [0.1, 0.15) is 6.61 Å². The molecule has 4 heterocycles. The van der Waals surface area contributed by atoms with Gasteiger partial charge in [0.25, 0.3) is 0 Å². The molecule has 3 aliphatic heterocycles. The minimum atomic E-state index is -0.508. The second kappa shape index (κ2) is 9.37. The lowest BCUT2D eigenvalue weighted by Crippen LogP contribution is -2.47. The number of aliphatic hydroxyl groups is 1. The number of carbonyl (C=O) groups is 2. The van der Waals surface area contributed by atoms with Crippen molar-refractivity contribution in [2.24, 2.45) is 5.92 Å². The molecule has 7 nitrogen and oxygen atoms in total. The van der Waals surface area contributed by atoms with E-state index in [4.69, 9.17) is 11.6 Å². The number of aromatic nitrogens is 1. The minimum Gasteiger partial charge on any atom is -0.389 e. The highest BCUT2D eigenvalue weighted by atomic mass is 35.5. The Morgan fingerprint density at radius 3 is 2.91 bits per heavy atom. The first-order valence-corrected chi connectivity index (χ1v) is 12.5. The van der Waals surface area contributed by atoms with E-state index in [1.54, 1.807) is 0 Å². The summed E-state index contributed by atoms with van der Waals surface area (Å²) in [4.78, 5) is 27.7. The number of halogens is 1. The number of likely N-dealkylation sites (N-methyl/N-ethyl adjacent to an activating group) is 1. The summed E-state index contributed by atoms with van der Waals surface area (Å²) in [5, 5.41) is 17.7. The van der Waals surface area contributed by atoms with Gasteiger partial charge in [0.05, 0.1) is 12.0 Å². The normalized spacial score (nSPS) is 25.7. The van der Waals surface area contributed by atoms with E-state index in [0.717, 1.165) is 42.8 Å². The van der Waals surface area contributed by atoms with E-state index in [0.29, 0.717) is 25.2 Å². The van der Waals surface area contributed by atoms with Crippen LogP contribution in [-0.2, 0) is 22.6 Å². The van der Waals surface area contributed by atoms with E-state index in [1.807, 2.05) is 6.07 Å². The maximum atomic E-state index is 13.0. The number of Topliss-reactive ketones (excluding diaryl/α,β-unsaturated/α-hetero) is 1. The maximum absolute atomic E-state index is 13.0. The van der Waals surface area contributed by atoms with Gasteiger partial charge in [-0.1, -0.05) is 11.6 Å². The highest BCUT2D eigenvalue weighted by Gasteiger charge is 2.41. The molecule has 4 unspecified atom stereocenters. The lowest BCUT2D eigenvalue weighted by atomic mass is 9.97. The van der Waals surface area contributed by atoms with Crippen molar-refractivity contribution in [3.05, 3.63) is 34.5 Å². The Bertz CT molecular complexity index is 1060. The highest BCUT2D eigenvalue weighted by Crippen LogP contribution is 2.47. The summed E-state index contributed by atoms with van der Waals surface area (Å²) in [5.41, 5.74) is 3.74. The van der Waals surface area contributed by atoms with Crippen LogP contribution < -0.4 is 10.6 Å². The van der Waals surface area contributed by atoms with E-state index in [-0.39, 0.29) is 30.1 Å². The molecular formula is C25H33ClN4O3. The van der Waals surface area contributed by atoms with Gasteiger partial charge in [-0.15, -0.1) is 0 Å². The number of hydrogen-bond acceptors (Lipinski definition) is 5. The summed E-state index contributed by atoms with van der Waals surface area (Å²) in [6, 6.07) is 6.54. The van der Waals surface area contributed by atoms with Crippen LogP contribution in [0, 0.1) is 5.92 Å². The molecule has 0 radical (unpaired) electrons. The van der Waals surface area contributed by atoms with Gasteiger partial charge < -0.3 is 20.3 Å². The predicted molar refractivity (Wildman–Crippen MR) is 128 cm³/mol. The molecule has 1 aromatic carbocycles. The number of carbonyl (C=O) groups excluding carboxylic acids is 2. The Labute approximate surface area is 199 Å². The van der Waals surface area contributed by atoms with Crippen LogP contribution in [0.1, 0.15) is 49.4 Å². The molecule has 2 fully saturated rings. The average Bonchev–Trinajstić information content (AvgIpc) is 3.22. The second-order valence-electron chi connectivity index (χ2n) is 9.90. The van der Waals surface area contributed by atoms with Crippen molar-refractivity contribution in [3.8, 4) is 0 Å².